The van der Waals surface area contributed by atoms with Gasteiger partial charge < -0.3 is 10.1 Å². The predicted octanol–water partition coefficient (Wildman–Crippen LogP) is 3.52. The molecular weight excluding hydrogens is 280 g/mol. The third-order valence-electron chi connectivity index (χ3n) is 3.11. The summed E-state index contributed by atoms with van der Waals surface area (Å²) in [7, 11) is 0. The molecule has 2 rings (SSSR count). The van der Waals surface area contributed by atoms with E-state index in [2.05, 4.69) is 46.1 Å². The first kappa shape index (κ1) is 12.8. The van der Waals surface area contributed by atoms with E-state index in [9.17, 15) is 0 Å². The zero-order valence-electron chi connectivity index (χ0n) is 10.6. The Morgan fingerprint density at radius 1 is 1.47 bits per heavy atom. The maximum atomic E-state index is 5.72. The number of rotatable bonds is 2. The SMILES string of the molecule is Cc1nc(Br)ccc1NC1CCOC(C)(C)C1. The molecule has 94 valence electrons. The number of nitrogens with zero attached hydrogens (tertiary/aromatic N) is 1. The Hall–Kier alpha value is -0.610. The lowest BCUT2D eigenvalue weighted by atomic mass is 9.94. The number of hydrogen-bond donors (Lipinski definition) is 1. The van der Waals surface area contributed by atoms with Crippen LogP contribution in [0.15, 0.2) is 16.7 Å². The van der Waals surface area contributed by atoms with Gasteiger partial charge in [-0.05, 0) is 61.7 Å². The van der Waals surface area contributed by atoms with Gasteiger partial charge in [0.2, 0.25) is 0 Å². The van der Waals surface area contributed by atoms with Crippen molar-refractivity contribution in [2.24, 2.45) is 0 Å². The Morgan fingerprint density at radius 3 is 2.88 bits per heavy atom. The van der Waals surface area contributed by atoms with Gasteiger partial charge in [0.25, 0.3) is 0 Å². The number of hydrogen-bond acceptors (Lipinski definition) is 3. The summed E-state index contributed by atoms with van der Waals surface area (Å²) in [4.78, 5) is 4.40. The van der Waals surface area contributed by atoms with Crippen molar-refractivity contribution in [3.05, 3.63) is 22.4 Å². The molecule has 17 heavy (non-hydrogen) atoms. The van der Waals surface area contributed by atoms with Crippen LogP contribution in [0.4, 0.5) is 5.69 Å². The van der Waals surface area contributed by atoms with E-state index in [0.29, 0.717) is 6.04 Å². The molecule has 0 aromatic carbocycles. The fourth-order valence-corrected chi connectivity index (χ4v) is 2.66. The van der Waals surface area contributed by atoms with Crippen molar-refractivity contribution >= 4 is 21.6 Å². The van der Waals surface area contributed by atoms with Crippen molar-refractivity contribution in [1.29, 1.82) is 0 Å². The van der Waals surface area contributed by atoms with Crippen molar-refractivity contribution in [1.82, 2.24) is 4.98 Å². The second-order valence-electron chi connectivity index (χ2n) is 5.21. The molecule has 2 heterocycles. The zero-order valence-corrected chi connectivity index (χ0v) is 12.2. The summed E-state index contributed by atoms with van der Waals surface area (Å²) in [5.41, 5.74) is 2.13. The minimum Gasteiger partial charge on any atom is -0.381 e. The van der Waals surface area contributed by atoms with Crippen LogP contribution in [0.5, 0.6) is 0 Å². The molecule has 0 spiro atoms. The maximum absolute atomic E-state index is 5.72. The highest BCUT2D eigenvalue weighted by Gasteiger charge is 2.28. The second-order valence-corrected chi connectivity index (χ2v) is 6.02. The number of halogens is 1. The summed E-state index contributed by atoms with van der Waals surface area (Å²) >= 11 is 3.38. The van der Waals surface area contributed by atoms with E-state index in [1.54, 1.807) is 0 Å². The van der Waals surface area contributed by atoms with Crippen LogP contribution >= 0.6 is 15.9 Å². The van der Waals surface area contributed by atoms with E-state index in [0.717, 1.165) is 35.4 Å². The topological polar surface area (TPSA) is 34.2 Å². The Bertz CT molecular complexity index is 406. The van der Waals surface area contributed by atoms with Crippen molar-refractivity contribution in [3.8, 4) is 0 Å². The fourth-order valence-electron chi connectivity index (χ4n) is 2.26. The van der Waals surface area contributed by atoms with Gasteiger partial charge in [0.05, 0.1) is 17.0 Å². The number of ether oxygens (including phenoxy) is 1. The molecule has 0 radical (unpaired) electrons. The van der Waals surface area contributed by atoms with Crippen molar-refractivity contribution in [2.45, 2.75) is 45.3 Å². The Balaban J connectivity index is 2.05. The summed E-state index contributed by atoms with van der Waals surface area (Å²) in [6, 6.07) is 4.52. The van der Waals surface area contributed by atoms with Crippen LogP contribution in [0.3, 0.4) is 0 Å². The molecule has 0 saturated carbocycles. The van der Waals surface area contributed by atoms with E-state index in [4.69, 9.17) is 4.74 Å². The summed E-state index contributed by atoms with van der Waals surface area (Å²) in [5, 5.41) is 3.57. The molecule has 3 nitrogen and oxygen atoms in total. The van der Waals surface area contributed by atoms with Gasteiger partial charge in [-0.1, -0.05) is 0 Å². The van der Waals surface area contributed by atoms with Crippen LogP contribution in [-0.2, 0) is 4.74 Å². The van der Waals surface area contributed by atoms with Crippen LogP contribution in [-0.4, -0.2) is 23.2 Å². The zero-order chi connectivity index (χ0) is 12.5. The standard InChI is InChI=1S/C13H19BrN2O/c1-9-11(4-5-12(14)15-9)16-10-6-7-17-13(2,3)8-10/h4-5,10,16H,6-8H2,1-3H3. The molecule has 1 aliphatic rings. The van der Waals surface area contributed by atoms with Gasteiger partial charge in [0.1, 0.15) is 4.60 Å². The van der Waals surface area contributed by atoms with Crippen molar-refractivity contribution in [3.63, 3.8) is 0 Å². The molecule has 1 aromatic heterocycles. The molecule has 0 bridgehead atoms. The molecule has 1 fully saturated rings. The highest BCUT2D eigenvalue weighted by molar-refractivity contribution is 9.10. The molecule has 0 amide bonds. The number of aromatic nitrogens is 1. The third kappa shape index (κ3) is 3.42. The first-order valence-electron chi connectivity index (χ1n) is 6.00. The molecule has 1 N–H and O–H groups in total. The summed E-state index contributed by atoms with van der Waals surface area (Å²) in [6.45, 7) is 7.15. The Labute approximate surface area is 111 Å². The van der Waals surface area contributed by atoms with Gasteiger partial charge in [-0.3, -0.25) is 0 Å². The van der Waals surface area contributed by atoms with Crippen LogP contribution in [0, 0.1) is 6.92 Å². The smallest absolute Gasteiger partial charge is 0.106 e. The lowest BCUT2D eigenvalue weighted by Gasteiger charge is -2.36. The van der Waals surface area contributed by atoms with E-state index >= 15 is 0 Å². The first-order valence-corrected chi connectivity index (χ1v) is 6.79. The fraction of sp³-hybridized carbons (Fsp3) is 0.615. The lowest BCUT2D eigenvalue weighted by Crippen LogP contribution is -2.40. The molecule has 4 heteroatoms. The van der Waals surface area contributed by atoms with E-state index in [1.165, 1.54) is 0 Å². The molecule has 1 aliphatic heterocycles. The molecular formula is C13H19BrN2O. The summed E-state index contributed by atoms with van der Waals surface area (Å²) < 4.78 is 6.60. The second kappa shape index (κ2) is 4.94. The Kier molecular flexibility index (Phi) is 3.73. The summed E-state index contributed by atoms with van der Waals surface area (Å²) in [5.74, 6) is 0. The average molecular weight is 299 g/mol. The van der Waals surface area contributed by atoms with Crippen LogP contribution in [0.2, 0.25) is 0 Å². The molecule has 1 aromatic rings. The maximum Gasteiger partial charge on any atom is 0.106 e. The lowest BCUT2D eigenvalue weighted by molar-refractivity contribution is -0.0553. The monoisotopic (exact) mass is 298 g/mol. The van der Waals surface area contributed by atoms with E-state index in [-0.39, 0.29) is 5.60 Å². The van der Waals surface area contributed by atoms with Gasteiger partial charge in [-0.2, -0.15) is 0 Å². The number of aryl methyl sites for hydroxylation is 1. The Morgan fingerprint density at radius 2 is 2.24 bits per heavy atom. The largest absolute Gasteiger partial charge is 0.381 e. The van der Waals surface area contributed by atoms with Crippen molar-refractivity contribution in [2.75, 3.05) is 11.9 Å². The van der Waals surface area contributed by atoms with Gasteiger partial charge in [-0.15, -0.1) is 0 Å². The minimum atomic E-state index is -0.0212. The van der Waals surface area contributed by atoms with Crippen LogP contribution < -0.4 is 5.32 Å². The van der Waals surface area contributed by atoms with E-state index < -0.39 is 0 Å². The third-order valence-corrected chi connectivity index (χ3v) is 3.55. The van der Waals surface area contributed by atoms with Crippen molar-refractivity contribution < 1.29 is 4.74 Å². The molecule has 0 aliphatic carbocycles. The predicted molar refractivity (Wildman–Crippen MR) is 73.3 cm³/mol. The molecule has 1 saturated heterocycles. The van der Waals surface area contributed by atoms with Gasteiger partial charge in [-0.25, -0.2) is 4.98 Å². The number of pyridine rings is 1. The number of anilines is 1. The van der Waals surface area contributed by atoms with Gasteiger partial charge >= 0.3 is 0 Å². The van der Waals surface area contributed by atoms with Gasteiger partial charge in [0, 0.05) is 12.6 Å². The van der Waals surface area contributed by atoms with E-state index in [1.807, 2.05) is 13.0 Å². The quantitative estimate of drug-likeness (QED) is 0.848. The molecule has 1 atom stereocenters. The molecule has 1 unspecified atom stereocenters. The summed E-state index contributed by atoms with van der Waals surface area (Å²) in [6.07, 6.45) is 2.08. The van der Waals surface area contributed by atoms with Crippen LogP contribution in [0.25, 0.3) is 0 Å². The highest BCUT2D eigenvalue weighted by Crippen LogP contribution is 2.27. The average Bonchev–Trinajstić information content (AvgIpc) is 2.21. The number of nitrogens with one attached hydrogen (secondary N) is 1. The van der Waals surface area contributed by atoms with Crippen LogP contribution in [0.1, 0.15) is 32.4 Å². The first-order chi connectivity index (χ1) is 7.96. The highest BCUT2D eigenvalue weighted by atomic mass is 79.9. The normalized spacial score (nSPS) is 23.4. The minimum absolute atomic E-state index is 0.0212. The van der Waals surface area contributed by atoms with Gasteiger partial charge in [0.15, 0.2) is 0 Å².